The fourth-order valence-corrected chi connectivity index (χ4v) is 2.78. The lowest BCUT2D eigenvalue weighted by Gasteiger charge is -2.09. The van der Waals surface area contributed by atoms with Gasteiger partial charge in [0.2, 0.25) is 0 Å². The third kappa shape index (κ3) is 3.82. The van der Waals surface area contributed by atoms with Crippen LogP contribution in [0.4, 0.5) is 5.13 Å². The number of benzene rings is 1. The third-order valence-electron chi connectivity index (χ3n) is 2.79. The van der Waals surface area contributed by atoms with E-state index < -0.39 is 0 Å². The number of anilines is 1. The van der Waals surface area contributed by atoms with Crippen LogP contribution >= 0.6 is 34.5 Å². The fraction of sp³-hybridized carbons (Fsp3) is 0.0714. The number of halogens is 2. The second-order valence-electron chi connectivity index (χ2n) is 4.36. The maximum absolute atomic E-state index is 12.0. The number of carbonyl (C=O) groups excluding carboxylic acids is 1. The van der Waals surface area contributed by atoms with Crippen molar-refractivity contribution in [1.82, 2.24) is 14.8 Å². The van der Waals surface area contributed by atoms with Crippen LogP contribution in [-0.4, -0.2) is 20.7 Å². The van der Waals surface area contributed by atoms with Gasteiger partial charge in [-0.15, -0.1) is 11.3 Å². The maximum Gasteiger partial charge on any atom is 0.277 e. The van der Waals surface area contributed by atoms with Crippen LogP contribution in [-0.2, 0) is 6.73 Å². The van der Waals surface area contributed by atoms with Gasteiger partial charge in [0.05, 0.1) is 10.0 Å². The summed E-state index contributed by atoms with van der Waals surface area (Å²) < 4.78 is 7.02. The van der Waals surface area contributed by atoms with Crippen molar-refractivity contribution >= 4 is 45.6 Å². The number of nitrogens with zero attached hydrogens (tertiary/aromatic N) is 3. The van der Waals surface area contributed by atoms with Gasteiger partial charge in [-0.1, -0.05) is 29.3 Å². The number of ether oxygens (including phenoxy) is 1. The number of aromatic nitrogens is 3. The van der Waals surface area contributed by atoms with Gasteiger partial charge in [0.25, 0.3) is 5.91 Å². The van der Waals surface area contributed by atoms with Crippen LogP contribution in [0.2, 0.25) is 10.0 Å². The summed E-state index contributed by atoms with van der Waals surface area (Å²) in [6, 6.07) is 6.67. The van der Waals surface area contributed by atoms with E-state index in [9.17, 15) is 4.79 Å². The summed E-state index contributed by atoms with van der Waals surface area (Å²) in [6.45, 7) is 0.0774. The lowest BCUT2D eigenvalue weighted by Crippen LogP contribution is -2.14. The largest absolute Gasteiger partial charge is 0.468 e. The molecule has 1 N–H and O–H groups in total. The summed E-state index contributed by atoms with van der Waals surface area (Å²) >= 11 is 13.4. The summed E-state index contributed by atoms with van der Waals surface area (Å²) in [5.41, 5.74) is 0.258. The maximum atomic E-state index is 12.0. The molecule has 6 nitrogen and oxygen atoms in total. The van der Waals surface area contributed by atoms with Crippen molar-refractivity contribution < 1.29 is 9.53 Å². The number of nitrogens with one attached hydrogen (secondary N) is 1. The van der Waals surface area contributed by atoms with E-state index in [0.29, 0.717) is 20.9 Å². The van der Waals surface area contributed by atoms with Crippen molar-refractivity contribution in [3.63, 3.8) is 0 Å². The first-order valence-corrected chi connectivity index (χ1v) is 8.08. The number of thiazole rings is 1. The summed E-state index contributed by atoms with van der Waals surface area (Å²) in [7, 11) is 0. The summed E-state index contributed by atoms with van der Waals surface area (Å²) in [5.74, 6) is 0.0367. The Hall–Kier alpha value is -2.09. The van der Waals surface area contributed by atoms with Gasteiger partial charge in [0, 0.05) is 17.8 Å². The number of para-hydroxylation sites is 1. The van der Waals surface area contributed by atoms with Gasteiger partial charge in [0.1, 0.15) is 0 Å². The Kier molecular flexibility index (Phi) is 4.80. The third-order valence-corrected chi connectivity index (χ3v) is 4.07. The van der Waals surface area contributed by atoms with E-state index in [1.807, 2.05) is 0 Å². The van der Waals surface area contributed by atoms with E-state index >= 15 is 0 Å². The molecule has 0 saturated carbocycles. The Morgan fingerprint density at radius 1 is 1.30 bits per heavy atom. The van der Waals surface area contributed by atoms with E-state index in [-0.39, 0.29) is 18.3 Å². The van der Waals surface area contributed by atoms with Crippen LogP contribution in [0.1, 0.15) is 10.5 Å². The van der Waals surface area contributed by atoms with Gasteiger partial charge in [-0.25, -0.2) is 9.67 Å². The van der Waals surface area contributed by atoms with Crippen LogP contribution in [0.3, 0.4) is 0 Å². The van der Waals surface area contributed by atoms with Crippen molar-refractivity contribution in [2.75, 3.05) is 5.32 Å². The highest BCUT2D eigenvalue weighted by molar-refractivity contribution is 7.13. The van der Waals surface area contributed by atoms with Gasteiger partial charge >= 0.3 is 0 Å². The van der Waals surface area contributed by atoms with E-state index in [1.165, 1.54) is 16.0 Å². The second-order valence-corrected chi connectivity index (χ2v) is 6.07. The molecule has 9 heteroatoms. The van der Waals surface area contributed by atoms with E-state index in [1.54, 1.807) is 42.0 Å². The standard InChI is InChI=1S/C14H10Cl2N4O2S/c15-9-2-1-3-10(16)12(9)22-8-20-6-4-11(19-20)13(21)18-14-17-5-7-23-14/h1-7H,8H2,(H,17,18,21). The monoisotopic (exact) mass is 368 g/mol. The number of hydrogen-bond donors (Lipinski definition) is 1. The summed E-state index contributed by atoms with van der Waals surface area (Å²) in [5, 5.41) is 9.90. The molecule has 0 aliphatic carbocycles. The average Bonchev–Trinajstić information content (AvgIpc) is 3.18. The normalized spacial score (nSPS) is 10.5. The lowest BCUT2D eigenvalue weighted by molar-refractivity contribution is 0.102. The van der Waals surface area contributed by atoms with E-state index in [2.05, 4.69) is 15.4 Å². The zero-order chi connectivity index (χ0) is 16.2. The molecular formula is C14H10Cl2N4O2S. The smallest absolute Gasteiger partial charge is 0.277 e. The first kappa shape index (κ1) is 15.8. The summed E-state index contributed by atoms with van der Waals surface area (Å²) in [4.78, 5) is 16.0. The van der Waals surface area contributed by atoms with Crippen molar-refractivity contribution in [3.05, 3.63) is 57.8 Å². The second kappa shape index (κ2) is 6.99. The first-order valence-electron chi connectivity index (χ1n) is 6.44. The Labute approximate surface area is 145 Å². The Morgan fingerprint density at radius 3 is 2.78 bits per heavy atom. The highest BCUT2D eigenvalue weighted by atomic mass is 35.5. The van der Waals surface area contributed by atoms with Crippen molar-refractivity contribution in [2.24, 2.45) is 0 Å². The number of amides is 1. The quantitative estimate of drug-likeness (QED) is 0.740. The molecule has 1 aromatic carbocycles. The van der Waals surface area contributed by atoms with E-state index in [0.717, 1.165) is 0 Å². The molecule has 3 rings (SSSR count). The molecule has 2 aromatic heterocycles. The molecule has 0 spiro atoms. The molecule has 23 heavy (non-hydrogen) atoms. The first-order chi connectivity index (χ1) is 11.1. The minimum absolute atomic E-state index is 0.0774. The molecule has 0 unspecified atom stereocenters. The van der Waals surface area contributed by atoms with Crippen LogP contribution in [0.25, 0.3) is 0 Å². The zero-order valence-corrected chi connectivity index (χ0v) is 13.9. The molecule has 118 valence electrons. The van der Waals surface area contributed by atoms with Gasteiger partial charge < -0.3 is 4.74 Å². The lowest BCUT2D eigenvalue weighted by atomic mass is 10.3. The van der Waals surface area contributed by atoms with Gasteiger partial charge in [-0.3, -0.25) is 10.1 Å². The number of rotatable bonds is 5. The highest BCUT2D eigenvalue weighted by Crippen LogP contribution is 2.32. The van der Waals surface area contributed by atoms with Crippen LogP contribution in [0, 0.1) is 0 Å². The van der Waals surface area contributed by atoms with Gasteiger partial charge in [-0.2, -0.15) is 5.10 Å². The zero-order valence-electron chi connectivity index (χ0n) is 11.6. The summed E-state index contributed by atoms with van der Waals surface area (Å²) in [6.07, 6.45) is 3.24. The minimum atomic E-state index is -0.338. The SMILES string of the molecule is O=C(Nc1nccs1)c1ccn(COc2c(Cl)cccc2Cl)n1. The molecule has 0 fully saturated rings. The molecule has 3 aromatic rings. The molecular weight excluding hydrogens is 359 g/mol. The van der Waals surface area contributed by atoms with Crippen LogP contribution in [0.5, 0.6) is 5.75 Å². The minimum Gasteiger partial charge on any atom is -0.468 e. The van der Waals surface area contributed by atoms with Crippen molar-refractivity contribution in [3.8, 4) is 5.75 Å². The molecule has 0 radical (unpaired) electrons. The molecule has 0 aliphatic heterocycles. The molecule has 2 heterocycles. The van der Waals surface area contributed by atoms with Crippen molar-refractivity contribution in [2.45, 2.75) is 6.73 Å². The Morgan fingerprint density at radius 2 is 2.09 bits per heavy atom. The molecule has 0 aliphatic rings. The average molecular weight is 369 g/mol. The van der Waals surface area contributed by atoms with Gasteiger partial charge in [-0.05, 0) is 18.2 Å². The van der Waals surface area contributed by atoms with Crippen LogP contribution < -0.4 is 10.1 Å². The molecule has 0 atom stereocenters. The predicted molar refractivity (Wildman–Crippen MR) is 89.4 cm³/mol. The number of carbonyl (C=O) groups is 1. The topological polar surface area (TPSA) is 69.0 Å². The number of hydrogen-bond acceptors (Lipinski definition) is 5. The van der Waals surface area contributed by atoms with Crippen molar-refractivity contribution in [1.29, 1.82) is 0 Å². The molecule has 1 amide bonds. The Bertz CT molecular complexity index is 800. The fourth-order valence-electron chi connectivity index (χ4n) is 1.75. The Balaban J connectivity index is 1.64. The highest BCUT2D eigenvalue weighted by Gasteiger charge is 2.12. The van der Waals surface area contributed by atoms with Crippen LogP contribution in [0.15, 0.2) is 42.0 Å². The molecule has 0 bridgehead atoms. The molecule has 0 saturated heterocycles. The van der Waals surface area contributed by atoms with E-state index in [4.69, 9.17) is 27.9 Å². The predicted octanol–water partition coefficient (Wildman–Crippen LogP) is 3.94. The van der Waals surface area contributed by atoms with Gasteiger partial charge in [0.15, 0.2) is 23.3 Å².